The average Bonchev–Trinajstić information content (AvgIpc) is 3.00. The van der Waals surface area contributed by atoms with Crippen molar-refractivity contribution in [3.8, 4) is 0 Å². The van der Waals surface area contributed by atoms with Crippen LogP contribution in [0.2, 0.25) is 0 Å². The number of nitrogens with one attached hydrogen (secondary N) is 1. The van der Waals surface area contributed by atoms with E-state index in [2.05, 4.69) is 36.1 Å². The molecule has 0 radical (unpaired) electrons. The van der Waals surface area contributed by atoms with E-state index in [1.807, 2.05) is 11.3 Å². The summed E-state index contributed by atoms with van der Waals surface area (Å²) in [7, 11) is 2.15. The number of hydrogen-bond donors (Lipinski definition) is 1. The zero-order valence-electron chi connectivity index (χ0n) is 13.2. The Morgan fingerprint density at radius 3 is 2.70 bits per heavy atom. The van der Waals surface area contributed by atoms with Gasteiger partial charge in [-0.2, -0.15) is 11.3 Å². The maximum atomic E-state index is 3.60. The third-order valence-electron chi connectivity index (χ3n) is 5.12. The molecule has 1 fully saturated rings. The molecule has 1 saturated carbocycles. The van der Waals surface area contributed by atoms with Crippen LogP contribution in [0.4, 0.5) is 0 Å². The van der Waals surface area contributed by atoms with E-state index in [4.69, 9.17) is 0 Å². The number of unbranched alkanes of at least 4 members (excludes halogenated alkanes) is 1. The highest BCUT2D eigenvalue weighted by atomic mass is 32.1. The minimum absolute atomic E-state index is 0.724. The van der Waals surface area contributed by atoms with Crippen LogP contribution < -0.4 is 5.32 Å². The van der Waals surface area contributed by atoms with Crippen LogP contribution in [-0.2, 0) is 6.42 Å². The Morgan fingerprint density at radius 2 is 2.10 bits per heavy atom. The van der Waals surface area contributed by atoms with E-state index in [0.29, 0.717) is 0 Å². The fourth-order valence-electron chi connectivity index (χ4n) is 3.74. The summed E-state index contributed by atoms with van der Waals surface area (Å²) in [5, 5.41) is 8.09. The molecule has 1 aromatic heterocycles. The summed E-state index contributed by atoms with van der Waals surface area (Å²) in [5.74, 6) is 1.94. The van der Waals surface area contributed by atoms with E-state index in [0.717, 1.165) is 17.9 Å². The van der Waals surface area contributed by atoms with Gasteiger partial charge in [-0.1, -0.05) is 39.0 Å². The third kappa shape index (κ3) is 4.89. The highest BCUT2D eigenvalue weighted by Crippen LogP contribution is 2.34. The summed E-state index contributed by atoms with van der Waals surface area (Å²) in [6.07, 6.45) is 12.7. The fourth-order valence-corrected chi connectivity index (χ4v) is 4.45. The first-order chi connectivity index (χ1) is 9.83. The maximum absolute atomic E-state index is 3.60. The topological polar surface area (TPSA) is 12.0 Å². The predicted octanol–water partition coefficient (Wildman–Crippen LogP) is 5.27. The van der Waals surface area contributed by atoms with Crippen molar-refractivity contribution in [1.29, 1.82) is 0 Å². The van der Waals surface area contributed by atoms with Crippen molar-refractivity contribution >= 4 is 11.3 Å². The van der Waals surface area contributed by atoms with Gasteiger partial charge in [0.05, 0.1) is 0 Å². The van der Waals surface area contributed by atoms with Gasteiger partial charge < -0.3 is 5.32 Å². The molecule has 1 atom stereocenters. The molecule has 1 unspecified atom stereocenters. The fraction of sp³-hybridized carbons (Fsp3) is 0.778. The Balaban J connectivity index is 1.72. The van der Waals surface area contributed by atoms with Crippen LogP contribution >= 0.6 is 11.3 Å². The van der Waals surface area contributed by atoms with Crippen LogP contribution in [0.15, 0.2) is 16.8 Å². The molecule has 0 aliphatic heterocycles. The van der Waals surface area contributed by atoms with Crippen molar-refractivity contribution in [2.75, 3.05) is 7.05 Å². The number of aryl methyl sites for hydroxylation is 1. The second-order valence-corrected chi connectivity index (χ2v) is 7.27. The molecule has 1 nitrogen and oxygen atoms in total. The van der Waals surface area contributed by atoms with Gasteiger partial charge in [0.15, 0.2) is 0 Å². The zero-order valence-corrected chi connectivity index (χ0v) is 14.1. The van der Waals surface area contributed by atoms with Crippen molar-refractivity contribution in [2.24, 2.45) is 11.8 Å². The van der Waals surface area contributed by atoms with Crippen LogP contribution in [0.1, 0.15) is 63.9 Å². The van der Waals surface area contributed by atoms with Gasteiger partial charge in [0.1, 0.15) is 0 Å². The van der Waals surface area contributed by atoms with E-state index in [9.17, 15) is 0 Å². The van der Waals surface area contributed by atoms with Gasteiger partial charge in [-0.3, -0.25) is 0 Å². The second-order valence-electron chi connectivity index (χ2n) is 6.49. The van der Waals surface area contributed by atoms with Crippen molar-refractivity contribution < 1.29 is 0 Å². The Morgan fingerprint density at radius 1 is 1.30 bits per heavy atom. The van der Waals surface area contributed by atoms with E-state index in [1.165, 1.54) is 63.4 Å². The molecule has 20 heavy (non-hydrogen) atoms. The minimum atomic E-state index is 0.724. The highest BCUT2D eigenvalue weighted by molar-refractivity contribution is 7.07. The Bertz CT molecular complexity index is 338. The Kier molecular flexibility index (Phi) is 7.09. The van der Waals surface area contributed by atoms with Gasteiger partial charge in [0, 0.05) is 6.04 Å². The number of thiophene rings is 1. The molecule has 2 rings (SSSR count). The summed E-state index contributed by atoms with van der Waals surface area (Å²) >= 11 is 1.82. The van der Waals surface area contributed by atoms with Gasteiger partial charge >= 0.3 is 0 Å². The molecule has 1 aromatic rings. The van der Waals surface area contributed by atoms with Gasteiger partial charge in [0.25, 0.3) is 0 Å². The lowest BCUT2D eigenvalue weighted by Gasteiger charge is -2.34. The van der Waals surface area contributed by atoms with Gasteiger partial charge in [-0.25, -0.2) is 0 Å². The summed E-state index contributed by atoms with van der Waals surface area (Å²) in [4.78, 5) is 0. The van der Waals surface area contributed by atoms with Gasteiger partial charge in [-0.05, 0) is 67.0 Å². The zero-order chi connectivity index (χ0) is 14.2. The van der Waals surface area contributed by atoms with E-state index in [-0.39, 0.29) is 0 Å². The summed E-state index contributed by atoms with van der Waals surface area (Å²) < 4.78 is 0. The second kappa shape index (κ2) is 8.84. The molecular weight excluding hydrogens is 262 g/mol. The molecule has 0 saturated heterocycles. The molecule has 2 heteroatoms. The summed E-state index contributed by atoms with van der Waals surface area (Å²) in [6.45, 7) is 2.31. The van der Waals surface area contributed by atoms with Crippen LogP contribution in [0.25, 0.3) is 0 Å². The third-order valence-corrected chi connectivity index (χ3v) is 5.85. The molecule has 0 bridgehead atoms. The van der Waals surface area contributed by atoms with Crippen LogP contribution in [0.5, 0.6) is 0 Å². The van der Waals surface area contributed by atoms with Crippen LogP contribution in [0.3, 0.4) is 0 Å². The Labute approximate surface area is 129 Å². The first-order valence-electron chi connectivity index (χ1n) is 8.51. The van der Waals surface area contributed by atoms with Gasteiger partial charge in [0.2, 0.25) is 0 Å². The summed E-state index contributed by atoms with van der Waals surface area (Å²) in [5.41, 5.74) is 1.52. The maximum Gasteiger partial charge on any atom is 0.00955 e. The first kappa shape index (κ1) is 16.0. The molecule has 0 amide bonds. The number of rotatable bonds is 8. The molecule has 1 aliphatic carbocycles. The lowest BCUT2D eigenvalue weighted by molar-refractivity contribution is 0.211. The van der Waals surface area contributed by atoms with Crippen molar-refractivity contribution in [3.63, 3.8) is 0 Å². The average molecular weight is 294 g/mol. The molecule has 1 N–H and O–H groups in total. The number of hydrogen-bond acceptors (Lipinski definition) is 2. The molecule has 0 spiro atoms. The van der Waals surface area contributed by atoms with Crippen molar-refractivity contribution in [3.05, 3.63) is 22.4 Å². The lowest BCUT2D eigenvalue weighted by atomic mass is 9.76. The normalized spacial score (nSPS) is 24.7. The van der Waals surface area contributed by atoms with Crippen LogP contribution in [0, 0.1) is 11.8 Å². The van der Waals surface area contributed by atoms with Gasteiger partial charge in [-0.15, -0.1) is 0 Å². The quantitative estimate of drug-likeness (QED) is 0.689. The highest BCUT2D eigenvalue weighted by Gasteiger charge is 2.26. The first-order valence-corrected chi connectivity index (χ1v) is 9.46. The molecule has 1 aliphatic rings. The molecule has 1 heterocycles. The SMILES string of the molecule is CCCCC1CCC(C(CCc2ccsc2)NC)CC1. The standard InChI is InChI=1S/C18H31NS/c1-3-4-5-15-6-9-17(10-7-15)18(19-2)11-8-16-12-13-20-14-16/h12-15,17-19H,3-11H2,1-2H3. The largest absolute Gasteiger partial charge is 0.317 e. The van der Waals surface area contributed by atoms with E-state index in [1.54, 1.807) is 0 Å². The minimum Gasteiger partial charge on any atom is -0.317 e. The lowest BCUT2D eigenvalue weighted by Crippen LogP contribution is -2.36. The van der Waals surface area contributed by atoms with Crippen molar-refractivity contribution in [1.82, 2.24) is 5.32 Å². The molecular formula is C18H31NS. The van der Waals surface area contributed by atoms with E-state index < -0.39 is 0 Å². The molecule has 0 aromatic carbocycles. The van der Waals surface area contributed by atoms with Crippen LogP contribution in [-0.4, -0.2) is 13.1 Å². The Hall–Kier alpha value is -0.340. The van der Waals surface area contributed by atoms with E-state index >= 15 is 0 Å². The summed E-state index contributed by atoms with van der Waals surface area (Å²) in [6, 6.07) is 3.00. The van der Waals surface area contributed by atoms with Crippen molar-refractivity contribution in [2.45, 2.75) is 70.8 Å². The monoisotopic (exact) mass is 293 g/mol. The molecule has 114 valence electrons. The smallest absolute Gasteiger partial charge is 0.00955 e. The predicted molar refractivity (Wildman–Crippen MR) is 90.5 cm³/mol.